The van der Waals surface area contributed by atoms with Gasteiger partial charge in [0.15, 0.2) is 11.5 Å². The van der Waals surface area contributed by atoms with Crippen LogP contribution in [0.4, 0.5) is 5.82 Å². The molecule has 0 saturated carbocycles. The van der Waals surface area contributed by atoms with Crippen LogP contribution in [0.3, 0.4) is 0 Å². The molecule has 3 rings (SSSR count). The Morgan fingerprint density at radius 1 is 1.27 bits per heavy atom. The summed E-state index contributed by atoms with van der Waals surface area (Å²) in [6.45, 7) is 7.62. The van der Waals surface area contributed by atoms with Crippen LogP contribution in [0.25, 0.3) is 5.52 Å². The molecule has 26 heavy (non-hydrogen) atoms. The number of nitrogens with one attached hydrogen (secondary N) is 2. The Morgan fingerprint density at radius 3 is 2.69 bits per heavy atom. The zero-order chi connectivity index (χ0) is 18.9. The minimum Gasteiger partial charge on any atom is -0.360 e. The Labute approximate surface area is 150 Å². The highest BCUT2D eigenvalue weighted by Crippen LogP contribution is 2.24. The van der Waals surface area contributed by atoms with E-state index in [9.17, 15) is 9.59 Å². The van der Waals surface area contributed by atoms with E-state index in [0.717, 1.165) is 5.82 Å². The van der Waals surface area contributed by atoms with E-state index in [1.165, 1.54) is 0 Å². The first-order chi connectivity index (χ1) is 12.3. The maximum atomic E-state index is 12.6. The summed E-state index contributed by atoms with van der Waals surface area (Å²) in [5, 5.41) is 8.83. The highest BCUT2D eigenvalue weighted by molar-refractivity contribution is 6.02. The smallest absolute Gasteiger partial charge is 0.272 e. The second kappa shape index (κ2) is 6.62. The molecule has 3 heterocycles. The summed E-state index contributed by atoms with van der Waals surface area (Å²) in [4.78, 5) is 29.0. The van der Waals surface area contributed by atoms with Crippen molar-refractivity contribution in [3.05, 3.63) is 47.7 Å². The fourth-order valence-corrected chi connectivity index (χ4v) is 2.59. The van der Waals surface area contributed by atoms with Gasteiger partial charge in [-0.1, -0.05) is 32.0 Å². The monoisotopic (exact) mass is 355 g/mol. The van der Waals surface area contributed by atoms with E-state index >= 15 is 0 Å². The third kappa shape index (κ3) is 3.58. The number of pyridine rings is 1. The van der Waals surface area contributed by atoms with Crippen molar-refractivity contribution in [3.8, 4) is 0 Å². The van der Waals surface area contributed by atoms with Gasteiger partial charge in [-0.05, 0) is 19.1 Å². The van der Waals surface area contributed by atoms with E-state index in [0.29, 0.717) is 22.8 Å². The summed E-state index contributed by atoms with van der Waals surface area (Å²) in [6.07, 6.45) is 1.87. The van der Waals surface area contributed by atoms with Gasteiger partial charge >= 0.3 is 0 Å². The van der Waals surface area contributed by atoms with Gasteiger partial charge in [0.1, 0.15) is 11.6 Å². The van der Waals surface area contributed by atoms with Gasteiger partial charge in [0.2, 0.25) is 5.91 Å². The fraction of sp³-hybridized carbons (Fsp3) is 0.333. The number of aryl methyl sites for hydroxylation is 1. The molecule has 136 valence electrons. The molecule has 0 atom stereocenters. The topological polar surface area (TPSA) is 102 Å². The summed E-state index contributed by atoms with van der Waals surface area (Å²) in [5.74, 6) is 0.871. The maximum Gasteiger partial charge on any atom is 0.272 e. The lowest BCUT2D eigenvalue weighted by atomic mass is 9.96. The third-order valence-electron chi connectivity index (χ3n) is 3.74. The molecule has 0 bridgehead atoms. The second-order valence-corrected chi connectivity index (χ2v) is 7.04. The number of fused-ring (bicyclic) bond motifs is 1. The van der Waals surface area contributed by atoms with E-state index in [1.807, 2.05) is 49.6 Å². The predicted molar refractivity (Wildman–Crippen MR) is 96.1 cm³/mol. The van der Waals surface area contributed by atoms with Crippen LogP contribution in [0.2, 0.25) is 0 Å². The number of anilines is 1. The summed E-state index contributed by atoms with van der Waals surface area (Å²) in [6, 6.07) is 7.16. The average molecular weight is 355 g/mol. The van der Waals surface area contributed by atoms with Crippen LogP contribution < -0.4 is 10.6 Å². The number of hydrogen-bond donors (Lipinski definition) is 2. The lowest BCUT2D eigenvalue weighted by Gasteiger charge is -2.16. The molecule has 0 aliphatic rings. The summed E-state index contributed by atoms with van der Waals surface area (Å²) in [5.41, 5.74) is 0.758. The normalized spacial score (nSPS) is 11.5. The number of hydrogen-bond acceptors (Lipinski definition) is 5. The van der Waals surface area contributed by atoms with Crippen LogP contribution >= 0.6 is 0 Å². The number of imidazole rings is 1. The SMILES string of the molecule is Cc1cc(NC(=O)CNC(=O)c2nc(C(C)(C)C)n3ccccc23)no1. The lowest BCUT2D eigenvalue weighted by molar-refractivity contribution is -0.115. The standard InChI is InChI=1S/C18H21N5O3/c1-11-9-13(22-26-11)20-14(24)10-19-16(25)15-12-7-5-6-8-23(12)17(21-15)18(2,3)4/h5-9H,10H2,1-4H3,(H,19,25)(H,20,22,24). The largest absolute Gasteiger partial charge is 0.360 e. The lowest BCUT2D eigenvalue weighted by Crippen LogP contribution is -2.33. The number of nitrogens with zero attached hydrogens (tertiary/aromatic N) is 3. The molecule has 0 spiro atoms. The van der Waals surface area contributed by atoms with Gasteiger partial charge in [-0.3, -0.25) is 9.59 Å². The highest BCUT2D eigenvalue weighted by atomic mass is 16.5. The molecule has 3 aromatic heterocycles. The Morgan fingerprint density at radius 2 is 2.04 bits per heavy atom. The first-order valence-corrected chi connectivity index (χ1v) is 8.24. The van der Waals surface area contributed by atoms with E-state index in [1.54, 1.807) is 13.0 Å². The van der Waals surface area contributed by atoms with Gasteiger partial charge in [-0.15, -0.1) is 0 Å². The van der Waals surface area contributed by atoms with Crippen LogP contribution in [-0.2, 0) is 10.2 Å². The molecule has 8 heteroatoms. The molecule has 0 saturated heterocycles. The molecule has 0 fully saturated rings. The first-order valence-electron chi connectivity index (χ1n) is 8.24. The van der Waals surface area contributed by atoms with Crippen LogP contribution in [0.5, 0.6) is 0 Å². The highest BCUT2D eigenvalue weighted by Gasteiger charge is 2.25. The number of carbonyl (C=O) groups is 2. The van der Waals surface area contributed by atoms with Crippen molar-refractivity contribution in [2.24, 2.45) is 0 Å². The predicted octanol–water partition coefficient (Wildman–Crippen LogP) is 2.30. The summed E-state index contributed by atoms with van der Waals surface area (Å²) in [7, 11) is 0. The number of carbonyl (C=O) groups excluding carboxylic acids is 2. The maximum absolute atomic E-state index is 12.6. The Kier molecular flexibility index (Phi) is 4.50. The van der Waals surface area contributed by atoms with Crippen molar-refractivity contribution < 1.29 is 14.1 Å². The van der Waals surface area contributed by atoms with Gasteiger partial charge in [0.05, 0.1) is 12.1 Å². The molecule has 3 aromatic rings. The van der Waals surface area contributed by atoms with Crippen LogP contribution in [0, 0.1) is 6.92 Å². The van der Waals surface area contributed by atoms with Gasteiger partial charge in [0.25, 0.3) is 5.91 Å². The van der Waals surface area contributed by atoms with Crippen LogP contribution in [0.1, 0.15) is 42.8 Å². The Bertz CT molecular complexity index is 965. The zero-order valence-corrected chi connectivity index (χ0v) is 15.2. The first kappa shape index (κ1) is 17.7. The van der Waals surface area contributed by atoms with E-state index in [-0.39, 0.29) is 12.0 Å². The van der Waals surface area contributed by atoms with Crippen LogP contribution in [-0.4, -0.2) is 32.9 Å². The van der Waals surface area contributed by atoms with E-state index in [2.05, 4.69) is 20.8 Å². The minimum atomic E-state index is -0.407. The van der Waals surface area contributed by atoms with Gasteiger partial charge in [-0.25, -0.2) is 4.98 Å². The Hall–Kier alpha value is -3.16. The zero-order valence-electron chi connectivity index (χ0n) is 15.2. The van der Waals surface area contributed by atoms with Gasteiger partial charge < -0.3 is 19.6 Å². The number of rotatable bonds is 4. The summed E-state index contributed by atoms with van der Waals surface area (Å²) >= 11 is 0. The van der Waals surface area contributed by atoms with Crippen molar-refractivity contribution in [2.45, 2.75) is 33.1 Å². The summed E-state index contributed by atoms with van der Waals surface area (Å²) < 4.78 is 6.77. The molecule has 0 radical (unpaired) electrons. The second-order valence-electron chi connectivity index (χ2n) is 7.04. The van der Waals surface area contributed by atoms with Crippen LogP contribution in [0.15, 0.2) is 35.0 Å². The fourth-order valence-electron chi connectivity index (χ4n) is 2.59. The molecule has 0 aromatic carbocycles. The number of aromatic nitrogens is 3. The van der Waals surface area contributed by atoms with E-state index < -0.39 is 11.8 Å². The van der Waals surface area contributed by atoms with Gasteiger partial charge in [0, 0.05) is 17.7 Å². The minimum absolute atomic E-state index is 0.193. The van der Waals surface area contributed by atoms with Crippen molar-refractivity contribution in [1.82, 2.24) is 19.9 Å². The molecule has 0 aliphatic heterocycles. The van der Waals surface area contributed by atoms with E-state index in [4.69, 9.17) is 4.52 Å². The molecule has 0 aliphatic carbocycles. The molecule has 0 unspecified atom stereocenters. The number of amides is 2. The Balaban J connectivity index is 1.75. The van der Waals surface area contributed by atoms with Crippen molar-refractivity contribution >= 4 is 23.1 Å². The quantitative estimate of drug-likeness (QED) is 0.748. The molecular weight excluding hydrogens is 334 g/mol. The molecule has 2 N–H and O–H groups in total. The molecule has 8 nitrogen and oxygen atoms in total. The molecule has 2 amide bonds. The third-order valence-corrected chi connectivity index (χ3v) is 3.74. The average Bonchev–Trinajstić information content (AvgIpc) is 3.16. The van der Waals surface area contributed by atoms with Crippen molar-refractivity contribution in [1.29, 1.82) is 0 Å². The molecular formula is C18H21N5O3. The van der Waals surface area contributed by atoms with Crippen molar-refractivity contribution in [2.75, 3.05) is 11.9 Å². The van der Waals surface area contributed by atoms with Crippen molar-refractivity contribution in [3.63, 3.8) is 0 Å². The van der Waals surface area contributed by atoms with Gasteiger partial charge in [-0.2, -0.15) is 0 Å².